The fourth-order valence-corrected chi connectivity index (χ4v) is 3.73. The summed E-state index contributed by atoms with van der Waals surface area (Å²) < 4.78 is 29.1. The van der Waals surface area contributed by atoms with E-state index in [0.717, 1.165) is 0 Å². The first-order valence-corrected chi connectivity index (χ1v) is 9.50. The molecule has 0 aliphatic carbocycles. The Balaban J connectivity index is 1.97. The predicted octanol–water partition coefficient (Wildman–Crippen LogP) is 1.98. The minimum absolute atomic E-state index is 0.0415. The maximum absolute atomic E-state index is 12.6. The van der Waals surface area contributed by atoms with Crippen LogP contribution in [-0.4, -0.2) is 35.0 Å². The maximum Gasteiger partial charge on any atom is 0.263 e. The number of sulfonamides is 1. The van der Waals surface area contributed by atoms with Crippen molar-refractivity contribution >= 4 is 27.4 Å². The van der Waals surface area contributed by atoms with Gasteiger partial charge in [-0.1, -0.05) is 18.2 Å². The van der Waals surface area contributed by atoms with Crippen molar-refractivity contribution in [1.82, 2.24) is 19.9 Å². The molecule has 1 amide bonds. The molecule has 0 atom stereocenters. The summed E-state index contributed by atoms with van der Waals surface area (Å²) in [4.78, 5) is 16.7. The molecule has 0 saturated carbocycles. The number of aromatic nitrogens is 3. The van der Waals surface area contributed by atoms with Crippen LogP contribution in [0.1, 0.15) is 29.8 Å². The van der Waals surface area contributed by atoms with Gasteiger partial charge in [0.05, 0.1) is 11.1 Å². The molecule has 0 aliphatic rings. The van der Waals surface area contributed by atoms with Crippen LogP contribution in [0.2, 0.25) is 0 Å². The number of benzene rings is 1. The molecule has 2 N–H and O–H groups in total. The summed E-state index contributed by atoms with van der Waals surface area (Å²) in [6.07, 6.45) is 2.95. The minimum Gasteiger partial charge on any atom is -0.350 e. The van der Waals surface area contributed by atoms with E-state index in [4.69, 9.17) is 0 Å². The highest BCUT2D eigenvalue weighted by Crippen LogP contribution is 2.19. The van der Waals surface area contributed by atoms with Gasteiger partial charge in [-0.3, -0.25) is 9.52 Å². The first kappa shape index (κ1) is 17.9. The molecular weight excluding hydrogens is 354 g/mol. The van der Waals surface area contributed by atoms with Crippen molar-refractivity contribution in [3.05, 3.63) is 53.9 Å². The zero-order chi connectivity index (χ0) is 18.9. The summed E-state index contributed by atoms with van der Waals surface area (Å²) in [5.74, 6) is -0.207. The highest BCUT2D eigenvalue weighted by molar-refractivity contribution is 7.92. The SMILES string of the molecule is Cc1ccccc1S(=O)(=O)Nc1ccn2ncc(C(=O)NC(C)C)c2n1. The second-order valence-corrected chi connectivity index (χ2v) is 7.79. The van der Waals surface area contributed by atoms with E-state index in [-0.39, 0.29) is 33.9 Å². The van der Waals surface area contributed by atoms with Gasteiger partial charge in [0.2, 0.25) is 0 Å². The largest absolute Gasteiger partial charge is 0.350 e. The Bertz CT molecular complexity index is 1070. The van der Waals surface area contributed by atoms with Crippen LogP contribution in [0.25, 0.3) is 5.65 Å². The number of nitrogens with one attached hydrogen (secondary N) is 2. The van der Waals surface area contributed by atoms with Crippen molar-refractivity contribution in [2.45, 2.75) is 31.7 Å². The van der Waals surface area contributed by atoms with Crippen molar-refractivity contribution in [3.63, 3.8) is 0 Å². The van der Waals surface area contributed by atoms with E-state index in [1.54, 1.807) is 31.3 Å². The molecule has 1 aromatic carbocycles. The lowest BCUT2D eigenvalue weighted by Crippen LogP contribution is -2.30. The number of aryl methyl sites for hydroxylation is 1. The fourth-order valence-electron chi connectivity index (χ4n) is 2.48. The molecule has 0 saturated heterocycles. The van der Waals surface area contributed by atoms with Crippen LogP contribution in [0.5, 0.6) is 0 Å². The van der Waals surface area contributed by atoms with Gasteiger partial charge < -0.3 is 5.32 Å². The van der Waals surface area contributed by atoms with Crippen LogP contribution >= 0.6 is 0 Å². The second kappa shape index (κ2) is 6.75. The Morgan fingerprint density at radius 1 is 1.19 bits per heavy atom. The number of amides is 1. The van der Waals surface area contributed by atoms with Crippen LogP contribution < -0.4 is 10.0 Å². The van der Waals surface area contributed by atoms with E-state index in [2.05, 4.69) is 20.1 Å². The molecule has 2 heterocycles. The van der Waals surface area contributed by atoms with Gasteiger partial charge in [-0.25, -0.2) is 17.9 Å². The van der Waals surface area contributed by atoms with Crippen LogP contribution in [0.4, 0.5) is 5.82 Å². The van der Waals surface area contributed by atoms with Gasteiger partial charge in [-0.05, 0) is 38.5 Å². The van der Waals surface area contributed by atoms with Gasteiger partial charge in [0.1, 0.15) is 11.4 Å². The average molecular weight is 373 g/mol. The smallest absolute Gasteiger partial charge is 0.263 e. The molecule has 2 aromatic heterocycles. The molecule has 0 unspecified atom stereocenters. The van der Waals surface area contributed by atoms with Crippen LogP contribution in [-0.2, 0) is 10.0 Å². The monoisotopic (exact) mass is 373 g/mol. The zero-order valence-electron chi connectivity index (χ0n) is 14.6. The summed E-state index contributed by atoms with van der Waals surface area (Å²) >= 11 is 0. The molecular formula is C17H19N5O3S. The molecule has 8 nitrogen and oxygen atoms in total. The minimum atomic E-state index is -3.79. The molecule has 0 radical (unpaired) electrons. The van der Waals surface area contributed by atoms with Gasteiger partial charge in [0, 0.05) is 12.2 Å². The standard InChI is InChI=1S/C17H19N5O3S/c1-11(2)19-17(23)13-10-18-22-9-8-15(20-16(13)22)21-26(24,25)14-7-5-4-6-12(14)3/h4-11H,1-3H3,(H,19,23)(H,20,21). The Morgan fingerprint density at radius 3 is 2.62 bits per heavy atom. The normalized spacial score (nSPS) is 11.7. The number of nitrogens with zero attached hydrogens (tertiary/aromatic N) is 3. The summed E-state index contributed by atoms with van der Waals surface area (Å²) in [7, 11) is -3.79. The van der Waals surface area contributed by atoms with Crippen LogP contribution in [0, 0.1) is 6.92 Å². The van der Waals surface area contributed by atoms with E-state index in [1.807, 2.05) is 13.8 Å². The molecule has 3 aromatic rings. The molecule has 3 rings (SSSR count). The van der Waals surface area contributed by atoms with Gasteiger partial charge in [0.15, 0.2) is 5.65 Å². The predicted molar refractivity (Wildman–Crippen MR) is 97.6 cm³/mol. The highest BCUT2D eigenvalue weighted by atomic mass is 32.2. The maximum atomic E-state index is 12.6. The van der Waals surface area contributed by atoms with Crippen molar-refractivity contribution in [2.24, 2.45) is 0 Å². The van der Waals surface area contributed by atoms with Crippen molar-refractivity contribution in [1.29, 1.82) is 0 Å². The number of rotatable bonds is 5. The number of anilines is 1. The quantitative estimate of drug-likeness (QED) is 0.711. The topological polar surface area (TPSA) is 105 Å². The van der Waals surface area contributed by atoms with Crippen LogP contribution in [0.15, 0.2) is 47.6 Å². The molecule has 0 aliphatic heterocycles. The lowest BCUT2D eigenvalue weighted by molar-refractivity contribution is 0.0944. The van der Waals surface area contributed by atoms with E-state index in [1.165, 1.54) is 22.8 Å². The third-order valence-corrected chi connectivity index (χ3v) is 5.17. The highest BCUT2D eigenvalue weighted by Gasteiger charge is 2.19. The summed E-state index contributed by atoms with van der Waals surface area (Å²) in [6, 6.07) is 8.11. The summed E-state index contributed by atoms with van der Waals surface area (Å²) in [6.45, 7) is 5.41. The lowest BCUT2D eigenvalue weighted by Gasteiger charge is -2.10. The summed E-state index contributed by atoms with van der Waals surface area (Å²) in [5, 5.41) is 6.84. The van der Waals surface area contributed by atoms with E-state index in [9.17, 15) is 13.2 Å². The zero-order valence-corrected chi connectivity index (χ0v) is 15.4. The van der Waals surface area contributed by atoms with E-state index in [0.29, 0.717) is 5.56 Å². The first-order valence-electron chi connectivity index (χ1n) is 8.01. The van der Waals surface area contributed by atoms with Gasteiger partial charge >= 0.3 is 0 Å². The summed E-state index contributed by atoms with van der Waals surface area (Å²) in [5.41, 5.74) is 1.17. The number of carbonyl (C=O) groups excluding carboxylic acids is 1. The molecule has 0 bridgehead atoms. The molecule has 136 valence electrons. The van der Waals surface area contributed by atoms with E-state index >= 15 is 0 Å². The van der Waals surface area contributed by atoms with Gasteiger partial charge in [0.25, 0.3) is 15.9 Å². The third-order valence-electron chi connectivity index (χ3n) is 3.66. The number of carbonyl (C=O) groups is 1. The lowest BCUT2D eigenvalue weighted by atomic mass is 10.2. The first-order chi connectivity index (χ1) is 12.3. The average Bonchev–Trinajstić information content (AvgIpc) is 2.97. The Morgan fingerprint density at radius 2 is 1.92 bits per heavy atom. The Labute approximate surface area is 151 Å². The van der Waals surface area contributed by atoms with Crippen molar-refractivity contribution < 1.29 is 13.2 Å². The fraction of sp³-hybridized carbons (Fsp3) is 0.235. The van der Waals surface area contributed by atoms with Crippen LogP contribution in [0.3, 0.4) is 0 Å². The van der Waals surface area contributed by atoms with E-state index < -0.39 is 10.0 Å². The molecule has 26 heavy (non-hydrogen) atoms. The van der Waals surface area contributed by atoms with Crippen molar-refractivity contribution in [2.75, 3.05) is 4.72 Å². The second-order valence-electron chi connectivity index (χ2n) is 6.14. The van der Waals surface area contributed by atoms with Crippen molar-refractivity contribution in [3.8, 4) is 0 Å². The molecule has 9 heteroatoms. The molecule has 0 fully saturated rings. The molecule has 0 spiro atoms. The Hall–Kier alpha value is -2.94. The number of fused-ring (bicyclic) bond motifs is 1. The van der Waals surface area contributed by atoms with Gasteiger partial charge in [-0.2, -0.15) is 5.10 Å². The van der Waals surface area contributed by atoms with Gasteiger partial charge in [-0.15, -0.1) is 0 Å². The third kappa shape index (κ3) is 3.52. The number of hydrogen-bond acceptors (Lipinski definition) is 5. The Kier molecular flexibility index (Phi) is 4.64. The number of hydrogen-bond donors (Lipinski definition) is 2.